The maximum Gasteiger partial charge on any atom is 0.338 e. The summed E-state index contributed by atoms with van der Waals surface area (Å²) in [6, 6.07) is 32.8. The van der Waals surface area contributed by atoms with Gasteiger partial charge in [-0.05, 0) is 54.8 Å². The summed E-state index contributed by atoms with van der Waals surface area (Å²) in [5, 5.41) is 0. The number of ether oxygens (including phenoxy) is 3. The molecule has 0 amide bonds. The van der Waals surface area contributed by atoms with Crippen LogP contribution in [0.4, 0.5) is 0 Å². The second kappa shape index (κ2) is 11.4. The molecule has 38 heavy (non-hydrogen) atoms. The Hall–Kier alpha value is -4.22. The van der Waals surface area contributed by atoms with Crippen molar-refractivity contribution in [1.82, 2.24) is 0 Å². The molecule has 5 heteroatoms. The number of aryl methyl sites for hydroxylation is 2. The van der Waals surface area contributed by atoms with Gasteiger partial charge in [-0.25, -0.2) is 9.59 Å². The summed E-state index contributed by atoms with van der Waals surface area (Å²) in [5.74, 6) is -0.860. The summed E-state index contributed by atoms with van der Waals surface area (Å²) in [6.45, 7) is 3.91. The van der Waals surface area contributed by atoms with Gasteiger partial charge in [0, 0.05) is 6.42 Å². The molecule has 0 spiro atoms. The van der Waals surface area contributed by atoms with Gasteiger partial charge in [0.05, 0.1) is 17.2 Å². The quantitative estimate of drug-likeness (QED) is 0.256. The number of rotatable bonds is 7. The normalized spacial score (nSPS) is 18.6. The summed E-state index contributed by atoms with van der Waals surface area (Å²) in [7, 11) is 0. The van der Waals surface area contributed by atoms with Crippen LogP contribution in [0.5, 0.6) is 0 Å². The van der Waals surface area contributed by atoms with Gasteiger partial charge < -0.3 is 14.2 Å². The minimum Gasteiger partial charge on any atom is -0.459 e. The SMILES string of the molecule is Cc1ccc(C(=O)OC[C@H]2O[C@@H](c3ccc(-c4ccccc4)cc3)C[C@@H]2OC(=O)c2ccc(C)cc2)cc1. The summed E-state index contributed by atoms with van der Waals surface area (Å²) < 4.78 is 17.8. The number of hydrogen-bond donors (Lipinski definition) is 0. The molecule has 192 valence electrons. The highest BCUT2D eigenvalue weighted by molar-refractivity contribution is 5.90. The number of hydrogen-bond acceptors (Lipinski definition) is 5. The Morgan fingerprint density at radius 3 is 1.87 bits per heavy atom. The second-order valence-corrected chi connectivity index (χ2v) is 9.66. The van der Waals surface area contributed by atoms with Crippen LogP contribution < -0.4 is 0 Å². The van der Waals surface area contributed by atoms with Crippen molar-refractivity contribution in [2.24, 2.45) is 0 Å². The fourth-order valence-corrected chi connectivity index (χ4v) is 4.55. The first kappa shape index (κ1) is 25.4. The van der Waals surface area contributed by atoms with Gasteiger partial charge in [-0.2, -0.15) is 0 Å². The van der Waals surface area contributed by atoms with Crippen molar-refractivity contribution in [3.05, 3.63) is 131 Å². The highest BCUT2D eigenvalue weighted by Gasteiger charge is 2.39. The third-order valence-electron chi connectivity index (χ3n) is 6.80. The van der Waals surface area contributed by atoms with E-state index >= 15 is 0 Å². The summed E-state index contributed by atoms with van der Waals surface area (Å²) in [4.78, 5) is 25.5. The van der Waals surface area contributed by atoms with Crippen LogP contribution in [0.2, 0.25) is 0 Å². The van der Waals surface area contributed by atoms with Crippen LogP contribution in [0.15, 0.2) is 103 Å². The zero-order valence-corrected chi connectivity index (χ0v) is 21.5. The van der Waals surface area contributed by atoms with E-state index in [-0.39, 0.29) is 12.7 Å². The molecule has 1 heterocycles. The highest BCUT2D eigenvalue weighted by Crippen LogP contribution is 2.36. The molecule has 0 aromatic heterocycles. The minimum atomic E-state index is -0.586. The lowest BCUT2D eigenvalue weighted by molar-refractivity contribution is -0.0427. The van der Waals surface area contributed by atoms with Crippen molar-refractivity contribution in [3.8, 4) is 11.1 Å². The predicted octanol–water partition coefficient (Wildman–Crippen LogP) is 6.88. The molecule has 1 fully saturated rings. The largest absolute Gasteiger partial charge is 0.459 e. The Balaban J connectivity index is 1.31. The van der Waals surface area contributed by atoms with E-state index in [1.165, 1.54) is 0 Å². The number of benzene rings is 4. The van der Waals surface area contributed by atoms with E-state index in [2.05, 4.69) is 24.3 Å². The molecule has 0 saturated carbocycles. The van der Waals surface area contributed by atoms with E-state index < -0.39 is 24.1 Å². The first-order valence-electron chi connectivity index (χ1n) is 12.8. The Kier molecular flexibility index (Phi) is 7.66. The lowest BCUT2D eigenvalue weighted by Crippen LogP contribution is -2.32. The lowest BCUT2D eigenvalue weighted by atomic mass is 10.00. The number of carbonyl (C=O) groups is 2. The molecule has 5 nitrogen and oxygen atoms in total. The molecule has 1 aliphatic heterocycles. The van der Waals surface area contributed by atoms with E-state index in [1.54, 1.807) is 24.3 Å². The van der Waals surface area contributed by atoms with Crippen molar-refractivity contribution in [2.75, 3.05) is 6.61 Å². The summed E-state index contributed by atoms with van der Waals surface area (Å²) >= 11 is 0. The molecule has 1 saturated heterocycles. The maximum atomic E-state index is 12.9. The molecule has 4 aromatic carbocycles. The molecular weight excluding hydrogens is 476 g/mol. The molecule has 0 N–H and O–H groups in total. The van der Waals surface area contributed by atoms with Gasteiger partial charge in [-0.3, -0.25) is 0 Å². The van der Waals surface area contributed by atoms with Crippen molar-refractivity contribution >= 4 is 11.9 Å². The third-order valence-corrected chi connectivity index (χ3v) is 6.80. The smallest absolute Gasteiger partial charge is 0.338 e. The molecule has 4 aromatic rings. The molecule has 0 bridgehead atoms. The average molecular weight is 507 g/mol. The average Bonchev–Trinajstić information content (AvgIpc) is 3.35. The van der Waals surface area contributed by atoms with Crippen molar-refractivity contribution in [1.29, 1.82) is 0 Å². The van der Waals surface area contributed by atoms with Crippen LogP contribution >= 0.6 is 0 Å². The molecule has 0 radical (unpaired) electrons. The van der Waals surface area contributed by atoms with Crippen molar-refractivity contribution in [3.63, 3.8) is 0 Å². The van der Waals surface area contributed by atoms with Gasteiger partial charge in [0.2, 0.25) is 0 Å². The van der Waals surface area contributed by atoms with Crippen LogP contribution in [0, 0.1) is 13.8 Å². The van der Waals surface area contributed by atoms with Gasteiger partial charge in [0.15, 0.2) is 0 Å². The molecule has 1 aliphatic rings. The molecule has 0 aliphatic carbocycles. The van der Waals surface area contributed by atoms with Crippen LogP contribution in [-0.2, 0) is 14.2 Å². The monoisotopic (exact) mass is 506 g/mol. The fourth-order valence-electron chi connectivity index (χ4n) is 4.55. The Labute approximate surface area is 223 Å². The van der Waals surface area contributed by atoms with Crippen LogP contribution in [0.3, 0.4) is 0 Å². The topological polar surface area (TPSA) is 61.8 Å². The standard InChI is InChI=1S/C33H30O5/c1-22-8-12-27(13-9-22)32(34)36-21-31-30(38-33(35)28-14-10-23(2)11-15-28)20-29(37-31)26-18-16-25(17-19-26)24-6-4-3-5-7-24/h3-19,29-31H,20-21H2,1-2H3/t29-,30+,31-/m1/s1. The van der Waals surface area contributed by atoms with Gasteiger partial charge in [-0.1, -0.05) is 90.0 Å². The summed E-state index contributed by atoms with van der Waals surface area (Å²) in [6.07, 6.45) is -0.973. The van der Waals surface area contributed by atoms with Gasteiger partial charge in [-0.15, -0.1) is 0 Å². The van der Waals surface area contributed by atoms with Crippen LogP contribution in [0.1, 0.15) is 49.9 Å². The van der Waals surface area contributed by atoms with E-state index in [4.69, 9.17) is 14.2 Å². The van der Waals surface area contributed by atoms with Crippen LogP contribution in [-0.4, -0.2) is 30.8 Å². The lowest BCUT2D eigenvalue weighted by Gasteiger charge is -2.19. The fraction of sp³-hybridized carbons (Fsp3) is 0.212. The third kappa shape index (κ3) is 6.01. The number of esters is 2. The highest BCUT2D eigenvalue weighted by atomic mass is 16.6. The molecular formula is C33H30O5. The second-order valence-electron chi connectivity index (χ2n) is 9.66. The first-order chi connectivity index (χ1) is 18.5. The Bertz CT molecular complexity index is 1380. The van der Waals surface area contributed by atoms with E-state index in [0.29, 0.717) is 17.5 Å². The molecule has 5 rings (SSSR count). The van der Waals surface area contributed by atoms with Gasteiger partial charge in [0.1, 0.15) is 18.8 Å². The molecule has 0 unspecified atom stereocenters. The van der Waals surface area contributed by atoms with Gasteiger partial charge in [0.25, 0.3) is 0 Å². The first-order valence-corrected chi connectivity index (χ1v) is 12.8. The van der Waals surface area contributed by atoms with E-state index in [9.17, 15) is 9.59 Å². The Morgan fingerprint density at radius 1 is 0.711 bits per heavy atom. The predicted molar refractivity (Wildman–Crippen MR) is 146 cm³/mol. The van der Waals surface area contributed by atoms with Crippen molar-refractivity contribution < 1.29 is 23.8 Å². The zero-order valence-electron chi connectivity index (χ0n) is 21.5. The van der Waals surface area contributed by atoms with E-state index in [0.717, 1.165) is 27.8 Å². The minimum absolute atomic E-state index is 0.0167. The van der Waals surface area contributed by atoms with E-state index in [1.807, 2.05) is 68.4 Å². The zero-order chi connectivity index (χ0) is 26.5. The van der Waals surface area contributed by atoms with Crippen LogP contribution in [0.25, 0.3) is 11.1 Å². The summed E-state index contributed by atoms with van der Waals surface area (Å²) in [5.41, 5.74) is 6.29. The molecule has 3 atom stereocenters. The van der Waals surface area contributed by atoms with Gasteiger partial charge >= 0.3 is 11.9 Å². The Morgan fingerprint density at radius 2 is 1.26 bits per heavy atom. The van der Waals surface area contributed by atoms with Crippen molar-refractivity contribution in [2.45, 2.75) is 38.6 Å². The maximum absolute atomic E-state index is 12.9. The number of carbonyl (C=O) groups excluding carboxylic acids is 2.